The van der Waals surface area contributed by atoms with Crippen LogP contribution in [0.5, 0.6) is 0 Å². The van der Waals surface area contributed by atoms with Crippen molar-refractivity contribution < 1.29 is 5.11 Å². The molecule has 6 heteroatoms. The van der Waals surface area contributed by atoms with E-state index in [-0.39, 0.29) is 11.1 Å². The van der Waals surface area contributed by atoms with Crippen LogP contribution >= 0.6 is 0 Å². The summed E-state index contributed by atoms with van der Waals surface area (Å²) >= 11 is 0. The van der Waals surface area contributed by atoms with Gasteiger partial charge in [-0.2, -0.15) is 5.26 Å². The molecule has 2 rings (SSSR count). The number of β-amino-alcohol motifs (C(OH)–C–C–N with tert-alkyl or cyclic N) is 1. The topological polar surface area (TPSA) is 93.9 Å². The predicted molar refractivity (Wildman–Crippen MR) is 133 cm³/mol. The molecule has 0 spiro atoms. The molecule has 32 heavy (non-hydrogen) atoms. The molecule has 6 nitrogen and oxygen atoms in total. The van der Waals surface area contributed by atoms with Crippen molar-refractivity contribution in [2.45, 2.75) is 85.9 Å². The quantitative estimate of drug-likeness (QED) is 0.600. The summed E-state index contributed by atoms with van der Waals surface area (Å²) in [4.78, 5) is 8.49. The summed E-state index contributed by atoms with van der Waals surface area (Å²) in [7, 11) is 0. The number of aryl methyl sites for hydroxylation is 1. The van der Waals surface area contributed by atoms with Crippen LogP contribution in [0.1, 0.15) is 84.3 Å². The molecule has 2 heterocycles. The van der Waals surface area contributed by atoms with E-state index >= 15 is 0 Å². The third-order valence-electron chi connectivity index (χ3n) is 4.03. The first kappa shape index (κ1) is 29.7. The van der Waals surface area contributed by atoms with Crippen molar-refractivity contribution in [2.75, 3.05) is 13.1 Å². The Morgan fingerprint density at radius 1 is 0.938 bits per heavy atom. The number of nitriles is 1. The van der Waals surface area contributed by atoms with Gasteiger partial charge in [-0.15, -0.1) is 0 Å². The zero-order chi connectivity index (χ0) is 24.8. The van der Waals surface area contributed by atoms with Crippen molar-refractivity contribution in [3.05, 3.63) is 59.2 Å². The Balaban J connectivity index is 0.000000557. The maximum atomic E-state index is 9.88. The number of aromatic nitrogens is 2. The minimum Gasteiger partial charge on any atom is -0.385 e. The number of rotatable bonds is 6. The van der Waals surface area contributed by atoms with E-state index in [2.05, 4.69) is 62.1 Å². The molecule has 0 aliphatic carbocycles. The third kappa shape index (κ3) is 14.6. The summed E-state index contributed by atoms with van der Waals surface area (Å²) < 4.78 is 0. The maximum Gasteiger partial charge on any atom is 0.140 e. The van der Waals surface area contributed by atoms with Gasteiger partial charge in [0.2, 0.25) is 0 Å². The molecule has 0 saturated heterocycles. The molecular formula is C26H43N5O. The van der Waals surface area contributed by atoms with Crippen molar-refractivity contribution in [1.82, 2.24) is 20.6 Å². The lowest BCUT2D eigenvalue weighted by Gasteiger charge is -2.22. The highest BCUT2D eigenvalue weighted by Gasteiger charge is 2.14. The van der Waals surface area contributed by atoms with Crippen LogP contribution in [0.4, 0.5) is 0 Å². The number of hydrogen-bond donors (Lipinski definition) is 3. The van der Waals surface area contributed by atoms with E-state index < -0.39 is 6.10 Å². The summed E-state index contributed by atoms with van der Waals surface area (Å²) in [5.41, 5.74) is 3.26. The van der Waals surface area contributed by atoms with Gasteiger partial charge in [0.15, 0.2) is 0 Å². The van der Waals surface area contributed by atoms with Gasteiger partial charge >= 0.3 is 0 Å². The average molecular weight is 442 g/mol. The highest BCUT2D eigenvalue weighted by atomic mass is 16.3. The maximum absolute atomic E-state index is 9.88. The molecule has 1 unspecified atom stereocenters. The Kier molecular flexibility index (Phi) is 13.6. The fourth-order valence-electron chi connectivity index (χ4n) is 2.50. The monoisotopic (exact) mass is 441 g/mol. The number of aliphatic hydroxyl groups excluding tert-OH is 1. The Morgan fingerprint density at radius 3 is 2.06 bits per heavy atom. The fourth-order valence-corrected chi connectivity index (χ4v) is 2.50. The highest BCUT2D eigenvalue weighted by molar-refractivity contribution is 5.22. The van der Waals surface area contributed by atoms with Gasteiger partial charge in [0.05, 0.1) is 5.69 Å². The molecule has 2 aromatic rings. The molecule has 0 aliphatic heterocycles. The van der Waals surface area contributed by atoms with Gasteiger partial charge in [-0.05, 0) is 72.7 Å². The normalized spacial score (nSPS) is 11.9. The van der Waals surface area contributed by atoms with Crippen LogP contribution in [0, 0.1) is 18.3 Å². The van der Waals surface area contributed by atoms with Gasteiger partial charge < -0.3 is 15.7 Å². The van der Waals surface area contributed by atoms with Crippen molar-refractivity contribution in [3.8, 4) is 6.07 Å². The second kappa shape index (κ2) is 14.7. The first-order chi connectivity index (χ1) is 14.9. The number of aliphatic hydroxyl groups is 1. The Hall–Kier alpha value is -2.33. The number of nitrogens with zero attached hydrogens (tertiary/aromatic N) is 3. The molecule has 0 radical (unpaired) electrons. The van der Waals surface area contributed by atoms with E-state index in [1.54, 1.807) is 6.07 Å². The lowest BCUT2D eigenvalue weighted by Crippen LogP contribution is -2.38. The van der Waals surface area contributed by atoms with Crippen LogP contribution in [0.25, 0.3) is 0 Å². The SMILES string of the molecule is CC.CC(C)(C)NCCc1cccc(C#N)n1.Cc1cccc(C(O)CNC(C)(C)C)n1. The molecular weight excluding hydrogens is 398 g/mol. The van der Waals surface area contributed by atoms with E-state index in [1.165, 1.54) is 0 Å². The van der Waals surface area contributed by atoms with Gasteiger partial charge in [-0.1, -0.05) is 26.0 Å². The smallest absolute Gasteiger partial charge is 0.140 e. The molecule has 178 valence electrons. The largest absolute Gasteiger partial charge is 0.385 e. The molecule has 0 saturated carbocycles. The zero-order valence-electron chi connectivity index (χ0n) is 21.5. The lowest BCUT2D eigenvalue weighted by molar-refractivity contribution is 0.159. The van der Waals surface area contributed by atoms with Gasteiger partial charge in [0.25, 0.3) is 0 Å². The summed E-state index contributed by atoms with van der Waals surface area (Å²) in [6.07, 6.45) is 0.316. The van der Waals surface area contributed by atoms with Crippen LogP contribution in [0.2, 0.25) is 0 Å². The highest BCUT2D eigenvalue weighted by Crippen LogP contribution is 2.11. The van der Waals surface area contributed by atoms with Crippen LogP contribution in [0.3, 0.4) is 0 Å². The summed E-state index contributed by atoms with van der Waals surface area (Å²) in [5.74, 6) is 0. The molecule has 0 bridgehead atoms. The van der Waals surface area contributed by atoms with Crippen LogP contribution in [-0.4, -0.2) is 39.2 Å². The number of pyridine rings is 2. The second-order valence-corrected chi connectivity index (χ2v) is 9.40. The first-order valence-corrected chi connectivity index (χ1v) is 11.4. The summed E-state index contributed by atoms with van der Waals surface area (Å²) in [5, 5.41) is 25.2. The zero-order valence-corrected chi connectivity index (χ0v) is 21.5. The molecule has 2 aromatic heterocycles. The third-order valence-corrected chi connectivity index (χ3v) is 4.03. The molecule has 0 aromatic carbocycles. The summed E-state index contributed by atoms with van der Waals surface area (Å²) in [6, 6.07) is 13.3. The van der Waals surface area contributed by atoms with Crippen molar-refractivity contribution in [3.63, 3.8) is 0 Å². The average Bonchev–Trinajstić information content (AvgIpc) is 2.72. The fraction of sp³-hybridized carbons (Fsp3) is 0.577. The molecule has 3 N–H and O–H groups in total. The minimum atomic E-state index is -0.538. The van der Waals surface area contributed by atoms with Gasteiger partial charge in [0, 0.05) is 42.0 Å². The van der Waals surface area contributed by atoms with Gasteiger partial charge in [-0.3, -0.25) is 4.98 Å². The van der Waals surface area contributed by atoms with Crippen LogP contribution < -0.4 is 10.6 Å². The number of hydrogen-bond acceptors (Lipinski definition) is 6. The standard InChI is InChI=1S/C12H17N3.C12H20N2O.C2H6/c1-12(2,3)14-8-7-10-5-4-6-11(9-13)15-10;1-9-6-5-7-10(14-9)11(15)8-13-12(2,3)4;1-2/h4-6,14H,7-8H2,1-3H3;5-7,11,13,15H,8H2,1-4H3;1-2H3. The van der Waals surface area contributed by atoms with Crippen molar-refractivity contribution >= 4 is 0 Å². The van der Waals surface area contributed by atoms with Crippen molar-refractivity contribution in [2.24, 2.45) is 0 Å². The lowest BCUT2D eigenvalue weighted by atomic mass is 10.1. The molecule has 0 fully saturated rings. The van der Waals surface area contributed by atoms with Crippen molar-refractivity contribution in [1.29, 1.82) is 5.26 Å². The van der Waals surface area contributed by atoms with E-state index in [9.17, 15) is 5.11 Å². The van der Waals surface area contributed by atoms with Gasteiger partial charge in [0.1, 0.15) is 17.9 Å². The number of nitrogens with one attached hydrogen (secondary N) is 2. The predicted octanol–water partition coefficient (Wildman–Crippen LogP) is 4.72. The second-order valence-electron chi connectivity index (χ2n) is 9.40. The molecule has 0 amide bonds. The molecule has 1 atom stereocenters. The summed E-state index contributed by atoms with van der Waals surface area (Å²) in [6.45, 7) is 19.9. The molecule has 0 aliphatic rings. The first-order valence-electron chi connectivity index (χ1n) is 11.4. The van der Waals surface area contributed by atoms with Crippen LogP contribution in [-0.2, 0) is 6.42 Å². The Bertz CT molecular complexity index is 816. The van der Waals surface area contributed by atoms with E-state index in [4.69, 9.17) is 5.26 Å². The minimum absolute atomic E-state index is 0.0187. The van der Waals surface area contributed by atoms with Gasteiger partial charge in [-0.25, -0.2) is 4.98 Å². The van der Waals surface area contributed by atoms with E-state index in [0.29, 0.717) is 12.2 Å². The van der Waals surface area contributed by atoms with E-state index in [1.807, 2.05) is 57.2 Å². The van der Waals surface area contributed by atoms with Crippen LogP contribution in [0.15, 0.2) is 36.4 Å². The Morgan fingerprint density at radius 2 is 1.53 bits per heavy atom. The Labute approximate surface area is 195 Å². The van der Waals surface area contributed by atoms with E-state index in [0.717, 1.165) is 30.0 Å².